The molecule has 0 saturated carbocycles. The van der Waals surface area contributed by atoms with Gasteiger partial charge in [0.05, 0.1) is 22.2 Å². The van der Waals surface area contributed by atoms with Crippen LogP contribution >= 0.6 is 7.14 Å². The van der Waals surface area contributed by atoms with Crippen molar-refractivity contribution in [1.29, 1.82) is 0 Å². The maximum absolute atomic E-state index is 15.1. The van der Waals surface area contributed by atoms with Crippen molar-refractivity contribution in [2.24, 2.45) is 0 Å². The van der Waals surface area contributed by atoms with Crippen LogP contribution in [0.1, 0.15) is 0 Å². The van der Waals surface area contributed by atoms with Gasteiger partial charge in [0.25, 0.3) is 0 Å². The van der Waals surface area contributed by atoms with Gasteiger partial charge in [-0.2, -0.15) is 0 Å². The van der Waals surface area contributed by atoms with Crippen LogP contribution in [0.3, 0.4) is 0 Å². The summed E-state index contributed by atoms with van der Waals surface area (Å²) in [5.41, 5.74) is 6.22. The first-order valence-corrected chi connectivity index (χ1v) is 17.5. The minimum absolute atomic E-state index is 0.798. The van der Waals surface area contributed by atoms with Gasteiger partial charge in [0.2, 0.25) is 0 Å². The van der Waals surface area contributed by atoms with Gasteiger partial charge in [-0.05, 0) is 29.7 Å². The Morgan fingerprint density at radius 3 is 1.66 bits per heavy atom. The average molecular weight is 621 g/mol. The molecule has 0 bridgehead atoms. The number of rotatable bonds is 5. The molecule has 0 amide bonds. The maximum Gasteiger partial charge on any atom is 0.171 e. The predicted octanol–water partition coefficient (Wildman–Crippen LogP) is 9.79. The minimum Gasteiger partial charge on any atom is -0.309 e. The molecule has 47 heavy (non-hydrogen) atoms. The molecule has 0 atom stereocenters. The van der Waals surface area contributed by atoms with Crippen LogP contribution in [0.15, 0.2) is 176 Å². The molecule has 4 heteroatoms. The van der Waals surface area contributed by atoms with Gasteiger partial charge in [0.1, 0.15) is 0 Å². The summed E-state index contributed by atoms with van der Waals surface area (Å²) in [5.74, 6) is 0. The van der Waals surface area contributed by atoms with Crippen LogP contribution in [-0.4, -0.2) is 9.55 Å². The topological polar surface area (TPSA) is 34.9 Å². The lowest BCUT2D eigenvalue weighted by molar-refractivity contribution is 0.592. The molecule has 0 aliphatic carbocycles. The number of hydrogen-bond donors (Lipinski definition) is 0. The number of fused-ring (bicyclic) bond motifs is 7. The first-order chi connectivity index (χ1) is 23.2. The highest BCUT2D eigenvalue weighted by molar-refractivity contribution is 7.85. The van der Waals surface area contributed by atoms with Gasteiger partial charge in [-0.3, -0.25) is 0 Å². The van der Waals surface area contributed by atoms with Crippen molar-refractivity contribution in [2.45, 2.75) is 0 Å². The van der Waals surface area contributed by atoms with Crippen LogP contribution in [-0.2, 0) is 4.57 Å². The van der Waals surface area contributed by atoms with Crippen molar-refractivity contribution in [1.82, 2.24) is 9.55 Å². The lowest BCUT2D eigenvalue weighted by Gasteiger charge is -2.20. The number of pyridine rings is 1. The van der Waals surface area contributed by atoms with E-state index in [1.165, 1.54) is 10.8 Å². The largest absolute Gasteiger partial charge is 0.309 e. The Bertz CT molecular complexity index is 2590. The summed E-state index contributed by atoms with van der Waals surface area (Å²) in [4.78, 5) is 5.35. The Kier molecular flexibility index (Phi) is 6.41. The number of benzene rings is 7. The quantitative estimate of drug-likeness (QED) is 0.142. The van der Waals surface area contributed by atoms with Gasteiger partial charge in [-0.1, -0.05) is 152 Å². The summed E-state index contributed by atoms with van der Waals surface area (Å²) in [5, 5.41) is 8.20. The van der Waals surface area contributed by atoms with Gasteiger partial charge >= 0.3 is 0 Å². The van der Waals surface area contributed by atoms with Gasteiger partial charge in [0, 0.05) is 48.7 Å². The molecule has 0 unspecified atom stereocenters. The average Bonchev–Trinajstić information content (AvgIpc) is 3.50. The lowest BCUT2D eigenvalue weighted by Crippen LogP contribution is -2.24. The van der Waals surface area contributed by atoms with Crippen LogP contribution < -0.4 is 15.9 Å². The van der Waals surface area contributed by atoms with E-state index >= 15 is 4.57 Å². The number of nitrogens with zero attached hydrogens (tertiary/aromatic N) is 2. The summed E-state index contributed by atoms with van der Waals surface area (Å²) < 4.78 is 17.5. The second-order valence-corrected chi connectivity index (χ2v) is 14.6. The first kappa shape index (κ1) is 27.5. The number of para-hydroxylation sites is 3. The van der Waals surface area contributed by atoms with Crippen molar-refractivity contribution >= 4 is 66.5 Å². The number of aromatic nitrogens is 2. The van der Waals surface area contributed by atoms with E-state index in [0.717, 1.165) is 65.6 Å². The van der Waals surface area contributed by atoms with Crippen molar-refractivity contribution in [3.8, 4) is 16.9 Å². The molecule has 2 heterocycles. The first-order valence-electron chi connectivity index (χ1n) is 15.8. The Hall–Kier alpha value is -5.76. The third kappa shape index (κ3) is 4.28. The standard InChI is InChI=1S/C43H29N2OP/c46-47(32-16-6-2-7-17-32,33-18-8-3-9-19-33)34-26-24-30(25-27-34)42-41-37(35-20-10-12-22-39(35)44-42)28-29-38-36-21-11-13-23-40(36)45(43(38)41)31-14-4-1-5-15-31/h1-29H. The zero-order valence-electron chi connectivity index (χ0n) is 25.5. The van der Waals surface area contributed by atoms with E-state index in [9.17, 15) is 0 Å². The SMILES string of the molecule is O=P(c1ccccc1)(c1ccccc1)c1ccc(-c2nc3ccccc3c3ccc4c5ccccc5n(-c5ccccc5)c4c23)cc1. The highest BCUT2D eigenvalue weighted by Crippen LogP contribution is 2.44. The normalized spacial score (nSPS) is 11.9. The second-order valence-electron chi connectivity index (χ2n) is 11.9. The van der Waals surface area contributed by atoms with Crippen LogP contribution in [0.25, 0.3) is 60.4 Å². The fourth-order valence-corrected chi connectivity index (χ4v) is 9.75. The third-order valence-corrected chi connectivity index (χ3v) is 12.3. The van der Waals surface area contributed by atoms with Gasteiger partial charge in [0.15, 0.2) is 7.14 Å². The minimum atomic E-state index is -3.11. The predicted molar refractivity (Wildman–Crippen MR) is 198 cm³/mol. The molecule has 2 aromatic heterocycles. The van der Waals surface area contributed by atoms with Crippen LogP contribution in [0.5, 0.6) is 0 Å². The number of hydrogen-bond acceptors (Lipinski definition) is 2. The fourth-order valence-electron chi connectivity index (χ4n) is 7.10. The van der Waals surface area contributed by atoms with Crippen molar-refractivity contribution in [3.63, 3.8) is 0 Å². The summed E-state index contributed by atoms with van der Waals surface area (Å²) in [6.07, 6.45) is 0. The second kappa shape index (κ2) is 10.9. The molecule has 0 fully saturated rings. The lowest BCUT2D eigenvalue weighted by atomic mass is 9.97. The zero-order valence-corrected chi connectivity index (χ0v) is 26.4. The Balaban J connectivity index is 1.35. The Labute approximate surface area is 272 Å². The van der Waals surface area contributed by atoms with Gasteiger partial charge < -0.3 is 9.13 Å². The van der Waals surface area contributed by atoms with Gasteiger partial charge in [-0.25, -0.2) is 4.98 Å². The third-order valence-electron chi connectivity index (χ3n) is 9.26. The molecule has 0 saturated heterocycles. The monoisotopic (exact) mass is 620 g/mol. The maximum atomic E-state index is 15.1. The molecule has 0 radical (unpaired) electrons. The van der Waals surface area contributed by atoms with E-state index in [0.29, 0.717) is 0 Å². The molecule has 222 valence electrons. The molecule has 0 aliphatic rings. The van der Waals surface area contributed by atoms with E-state index in [1.807, 2.05) is 78.9 Å². The van der Waals surface area contributed by atoms with Crippen LogP contribution in [0.2, 0.25) is 0 Å². The molecule has 0 spiro atoms. The molecule has 0 N–H and O–H groups in total. The van der Waals surface area contributed by atoms with Gasteiger partial charge in [-0.15, -0.1) is 0 Å². The molecule has 9 aromatic rings. The van der Waals surface area contributed by atoms with E-state index in [4.69, 9.17) is 4.98 Å². The van der Waals surface area contributed by atoms with Crippen LogP contribution in [0.4, 0.5) is 0 Å². The summed E-state index contributed by atoms with van der Waals surface area (Å²) >= 11 is 0. The van der Waals surface area contributed by atoms with E-state index in [2.05, 4.69) is 102 Å². The van der Waals surface area contributed by atoms with E-state index in [-0.39, 0.29) is 0 Å². The smallest absolute Gasteiger partial charge is 0.171 e. The Morgan fingerprint density at radius 1 is 0.447 bits per heavy atom. The fraction of sp³-hybridized carbons (Fsp3) is 0. The van der Waals surface area contributed by atoms with Crippen molar-refractivity contribution < 1.29 is 4.57 Å². The highest BCUT2D eigenvalue weighted by Gasteiger charge is 2.29. The van der Waals surface area contributed by atoms with Crippen molar-refractivity contribution in [3.05, 3.63) is 176 Å². The molecule has 3 nitrogen and oxygen atoms in total. The molecular formula is C43H29N2OP. The van der Waals surface area contributed by atoms with E-state index in [1.54, 1.807) is 0 Å². The molecular weight excluding hydrogens is 591 g/mol. The summed E-state index contributed by atoms with van der Waals surface area (Å²) in [6, 6.07) is 60.0. The van der Waals surface area contributed by atoms with E-state index < -0.39 is 7.14 Å². The zero-order chi connectivity index (χ0) is 31.4. The molecule has 0 aliphatic heterocycles. The van der Waals surface area contributed by atoms with Crippen LogP contribution in [0, 0.1) is 0 Å². The molecule has 7 aromatic carbocycles. The highest BCUT2D eigenvalue weighted by atomic mass is 31.2. The molecule has 9 rings (SSSR count). The summed E-state index contributed by atoms with van der Waals surface area (Å²) in [7, 11) is -3.11. The Morgan fingerprint density at radius 2 is 0.979 bits per heavy atom. The van der Waals surface area contributed by atoms with Crippen molar-refractivity contribution in [2.75, 3.05) is 0 Å². The summed E-state index contributed by atoms with van der Waals surface area (Å²) in [6.45, 7) is 0.